The molecule has 3 aliphatic rings. The summed E-state index contributed by atoms with van der Waals surface area (Å²) in [6.45, 7) is -0.0103. The van der Waals surface area contributed by atoms with Gasteiger partial charge in [-0.1, -0.05) is 48.5 Å². The summed E-state index contributed by atoms with van der Waals surface area (Å²) in [5.74, 6) is -0.626. The van der Waals surface area contributed by atoms with Crippen LogP contribution in [0.2, 0.25) is 0 Å². The predicted molar refractivity (Wildman–Crippen MR) is 82.7 cm³/mol. The van der Waals surface area contributed by atoms with Crippen LogP contribution in [0.3, 0.4) is 0 Å². The highest BCUT2D eigenvalue weighted by atomic mass is 16.5. The van der Waals surface area contributed by atoms with Crippen LogP contribution in [0.1, 0.15) is 34.1 Å². The Hall–Kier alpha value is -2.13. The number of aliphatic hydroxyl groups excluding tert-OH is 1. The zero-order valence-corrected chi connectivity index (χ0v) is 12.4. The fraction of sp³-hybridized carbons (Fsp3) is 0.316. The van der Waals surface area contributed by atoms with E-state index in [1.165, 1.54) is 29.4 Å². The number of ether oxygens (including phenoxy) is 1. The lowest BCUT2D eigenvalue weighted by Gasteiger charge is -2.49. The highest BCUT2D eigenvalue weighted by Gasteiger charge is 2.52. The number of carbonyl (C=O) groups is 1. The summed E-state index contributed by atoms with van der Waals surface area (Å²) < 4.78 is 5.05. The highest BCUT2D eigenvalue weighted by molar-refractivity contribution is 5.78. The molecule has 0 spiro atoms. The molecule has 3 heteroatoms. The Morgan fingerprint density at radius 3 is 1.82 bits per heavy atom. The molecule has 0 fully saturated rings. The van der Waals surface area contributed by atoms with Gasteiger partial charge >= 0.3 is 5.97 Å². The molecular weight excluding hydrogens is 276 g/mol. The average molecular weight is 294 g/mol. The van der Waals surface area contributed by atoms with Crippen LogP contribution in [-0.2, 0) is 9.53 Å². The molecule has 0 unspecified atom stereocenters. The highest BCUT2D eigenvalue weighted by Crippen LogP contribution is 2.58. The van der Waals surface area contributed by atoms with E-state index in [0.717, 1.165) is 0 Å². The summed E-state index contributed by atoms with van der Waals surface area (Å²) in [6, 6.07) is 16.6. The molecule has 0 radical (unpaired) electrons. The summed E-state index contributed by atoms with van der Waals surface area (Å²) in [5.41, 5.74) is 4.88. The van der Waals surface area contributed by atoms with Gasteiger partial charge in [0, 0.05) is 24.4 Å². The number of rotatable bonds is 2. The molecule has 0 aromatic heterocycles. The second-order valence-electron chi connectivity index (χ2n) is 6.11. The van der Waals surface area contributed by atoms with Crippen LogP contribution in [0.25, 0.3) is 0 Å². The van der Waals surface area contributed by atoms with Gasteiger partial charge in [-0.3, -0.25) is 4.79 Å². The van der Waals surface area contributed by atoms with E-state index in [4.69, 9.17) is 4.74 Å². The van der Waals surface area contributed by atoms with Gasteiger partial charge < -0.3 is 9.84 Å². The Balaban J connectivity index is 2.00. The van der Waals surface area contributed by atoms with Crippen molar-refractivity contribution in [2.75, 3.05) is 13.7 Å². The SMILES string of the molecule is COC(=O)[C@H]1C2c3ccccc3C(c3ccccc32)[C@@H]1CO. The van der Waals surface area contributed by atoms with E-state index >= 15 is 0 Å². The Labute approximate surface area is 129 Å². The van der Waals surface area contributed by atoms with Gasteiger partial charge in [-0.15, -0.1) is 0 Å². The topological polar surface area (TPSA) is 46.5 Å². The molecule has 1 N–H and O–H groups in total. The summed E-state index contributed by atoms with van der Waals surface area (Å²) in [6.07, 6.45) is 0. The lowest BCUT2D eigenvalue weighted by Crippen LogP contribution is -2.45. The molecular formula is C19H18O3. The Morgan fingerprint density at radius 1 is 0.955 bits per heavy atom. The van der Waals surface area contributed by atoms with Crippen LogP contribution in [-0.4, -0.2) is 24.8 Å². The largest absolute Gasteiger partial charge is 0.469 e. The summed E-state index contributed by atoms with van der Waals surface area (Å²) in [4.78, 5) is 12.4. The van der Waals surface area contributed by atoms with E-state index in [0.29, 0.717) is 0 Å². The number of aliphatic hydroxyl groups is 1. The third-order valence-corrected chi connectivity index (χ3v) is 5.26. The standard InChI is InChI=1S/C19H18O3/c1-22-19(21)18-15(10-20)16-11-6-2-4-8-13(11)17(18)14-9-5-3-7-12(14)16/h2-9,15-18,20H,10H2,1H3/t15-,16?,17?,18+/m0/s1. The van der Waals surface area contributed by atoms with E-state index in [9.17, 15) is 9.90 Å². The van der Waals surface area contributed by atoms with Gasteiger partial charge in [0.2, 0.25) is 0 Å². The summed E-state index contributed by atoms with van der Waals surface area (Å²) in [5, 5.41) is 9.97. The van der Waals surface area contributed by atoms with Crippen LogP contribution < -0.4 is 0 Å². The van der Waals surface area contributed by atoms with Gasteiger partial charge in [-0.25, -0.2) is 0 Å². The third kappa shape index (κ3) is 1.63. The van der Waals surface area contributed by atoms with Crippen molar-refractivity contribution < 1.29 is 14.6 Å². The molecule has 0 aliphatic heterocycles. The molecule has 2 bridgehead atoms. The fourth-order valence-electron chi connectivity index (χ4n) is 4.46. The Morgan fingerprint density at radius 2 is 1.41 bits per heavy atom. The molecule has 22 heavy (non-hydrogen) atoms. The normalized spacial score (nSPS) is 27.9. The van der Waals surface area contributed by atoms with E-state index in [-0.39, 0.29) is 36.2 Å². The van der Waals surface area contributed by atoms with E-state index in [2.05, 4.69) is 24.3 Å². The molecule has 0 amide bonds. The monoisotopic (exact) mass is 294 g/mol. The van der Waals surface area contributed by atoms with Crippen molar-refractivity contribution in [2.24, 2.45) is 11.8 Å². The zero-order valence-electron chi connectivity index (χ0n) is 12.4. The molecule has 0 saturated carbocycles. The van der Waals surface area contributed by atoms with Gasteiger partial charge in [0.15, 0.2) is 0 Å². The second-order valence-corrected chi connectivity index (χ2v) is 6.11. The molecule has 3 aliphatic carbocycles. The second kappa shape index (κ2) is 4.96. The molecule has 2 aromatic rings. The van der Waals surface area contributed by atoms with Gasteiger partial charge in [0.05, 0.1) is 13.0 Å². The summed E-state index contributed by atoms with van der Waals surface area (Å²) >= 11 is 0. The minimum absolute atomic E-state index is 0.0103. The maximum Gasteiger partial charge on any atom is 0.310 e. The maximum absolute atomic E-state index is 12.4. The van der Waals surface area contributed by atoms with Crippen molar-refractivity contribution in [1.29, 1.82) is 0 Å². The van der Waals surface area contributed by atoms with Crippen molar-refractivity contribution in [1.82, 2.24) is 0 Å². The molecule has 0 saturated heterocycles. The Bertz CT molecular complexity index is 689. The lowest BCUT2D eigenvalue weighted by atomic mass is 9.54. The number of benzene rings is 2. The van der Waals surface area contributed by atoms with Gasteiger partial charge in [0.25, 0.3) is 0 Å². The van der Waals surface area contributed by atoms with Crippen LogP contribution in [0.15, 0.2) is 48.5 Å². The van der Waals surface area contributed by atoms with E-state index in [1.807, 2.05) is 24.3 Å². The minimum Gasteiger partial charge on any atom is -0.469 e. The van der Waals surface area contributed by atoms with Crippen LogP contribution in [0.5, 0.6) is 0 Å². The first kappa shape index (κ1) is 13.5. The Kier molecular flexibility index (Phi) is 3.05. The number of hydrogen-bond acceptors (Lipinski definition) is 3. The first-order valence-electron chi connectivity index (χ1n) is 7.64. The maximum atomic E-state index is 12.4. The third-order valence-electron chi connectivity index (χ3n) is 5.26. The van der Waals surface area contributed by atoms with Crippen molar-refractivity contribution in [3.05, 3.63) is 70.8 Å². The molecule has 2 aromatic carbocycles. The molecule has 5 rings (SSSR count). The fourth-order valence-corrected chi connectivity index (χ4v) is 4.46. The molecule has 3 nitrogen and oxygen atoms in total. The molecule has 112 valence electrons. The summed E-state index contributed by atoms with van der Waals surface area (Å²) in [7, 11) is 1.43. The van der Waals surface area contributed by atoms with E-state index in [1.54, 1.807) is 0 Å². The molecule has 2 atom stereocenters. The van der Waals surface area contributed by atoms with Gasteiger partial charge in [-0.05, 0) is 22.3 Å². The van der Waals surface area contributed by atoms with Gasteiger partial charge in [0.1, 0.15) is 0 Å². The lowest BCUT2D eigenvalue weighted by molar-refractivity contribution is -0.149. The van der Waals surface area contributed by atoms with Crippen LogP contribution >= 0.6 is 0 Å². The van der Waals surface area contributed by atoms with Crippen molar-refractivity contribution in [3.8, 4) is 0 Å². The van der Waals surface area contributed by atoms with Crippen molar-refractivity contribution in [3.63, 3.8) is 0 Å². The first-order chi connectivity index (χ1) is 10.8. The van der Waals surface area contributed by atoms with E-state index < -0.39 is 0 Å². The molecule has 0 heterocycles. The smallest absolute Gasteiger partial charge is 0.310 e. The van der Waals surface area contributed by atoms with Crippen molar-refractivity contribution >= 4 is 5.97 Å². The van der Waals surface area contributed by atoms with Crippen molar-refractivity contribution in [2.45, 2.75) is 11.8 Å². The van der Waals surface area contributed by atoms with Gasteiger partial charge in [-0.2, -0.15) is 0 Å². The van der Waals surface area contributed by atoms with Crippen LogP contribution in [0, 0.1) is 11.8 Å². The number of esters is 1. The number of hydrogen-bond donors (Lipinski definition) is 1. The quantitative estimate of drug-likeness (QED) is 0.866. The minimum atomic E-state index is -0.315. The predicted octanol–water partition coefficient (Wildman–Crippen LogP) is 2.68. The van der Waals surface area contributed by atoms with Crippen LogP contribution in [0.4, 0.5) is 0 Å². The zero-order chi connectivity index (χ0) is 15.3. The first-order valence-corrected chi connectivity index (χ1v) is 7.64. The number of fused-ring (bicyclic) bond motifs is 1. The average Bonchev–Trinajstić information content (AvgIpc) is 2.60. The number of methoxy groups -OCH3 is 1. The number of carbonyl (C=O) groups excluding carboxylic acids is 1.